The van der Waals surface area contributed by atoms with Crippen molar-refractivity contribution < 1.29 is 14.3 Å². The van der Waals surface area contributed by atoms with Crippen molar-refractivity contribution in [2.45, 2.75) is 0 Å². The van der Waals surface area contributed by atoms with Crippen molar-refractivity contribution in [3.8, 4) is 0 Å². The molecule has 8 nitrogen and oxygen atoms in total. The standard InChI is InChI=1S/C15H13Cl2N3O5/c1-19-12(18)11(13(22)20(2)15(19)24)9(21)6-25-14(23)10-7(16)4-3-5-8(10)17/h3-5H,6,18H2,1-2H3. The Hall–Kier alpha value is -2.58. The van der Waals surface area contributed by atoms with Crippen LogP contribution < -0.4 is 17.0 Å². The van der Waals surface area contributed by atoms with Crippen LogP contribution >= 0.6 is 23.2 Å². The zero-order valence-corrected chi connectivity index (χ0v) is 14.7. The minimum Gasteiger partial charge on any atom is -0.454 e. The van der Waals surface area contributed by atoms with Crippen molar-refractivity contribution >= 4 is 40.8 Å². The van der Waals surface area contributed by atoms with Crippen LogP contribution in [0.3, 0.4) is 0 Å². The van der Waals surface area contributed by atoms with Gasteiger partial charge in [-0.1, -0.05) is 29.3 Å². The SMILES string of the molecule is Cn1c(N)c(C(=O)COC(=O)c2c(Cl)cccc2Cl)c(=O)n(C)c1=O. The molecule has 1 aromatic carbocycles. The molecule has 0 fully saturated rings. The highest BCUT2D eigenvalue weighted by molar-refractivity contribution is 6.39. The van der Waals surface area contributed by atoms with Gasteiger partial charge >= 0.3 is 11.7 Å². The normalized spacial score (nSPS) is 10.6. The van der Waals surface area contributed by atoms with E-state index < -0.39 is 35.2 Å². The molecule has 0 bridgehead atoms. The van der Waals surface area contributed by atoms with Crippen LogP contribution in [0.2, 0.25) is 10.0 Å². The maximum atomic E-state index is 12.3. The molecule has 0 radical (unpaired) electrons. The molecule has 25 heavy (non-hydrogen) atoms. The van der Waals surface area contributed by atoms with Crippen LogP contribution in [0.25, 0.3) is 0 Å². The van der Waals surface area contributed by atoms with Crippen molar-refractivity contribution in [3.05, 3.63) is 60.2 Å². The van der Waals surface area contributed by atoms with Crippen molar-refractivity contribution in [1.82, 2.24) is 9.13 Å². The summed E-state index contributed by atoms with van der Waals surface area (Å²) in [7, 11) is 2.51. The number of nitrogens with zero attached hydrogens (tertiary/aromatic N) is 2. The third-order valence-electron chi connectivity index (χ3n) is 3.49. The van der Waals surface area contributed by atoms with E-state index in [-0.39, 0.29) is 21.4 Å². The molecule has 0 spiro atoms. The Balaban J connectivity index is 2.29. The van der Waals surface area contributed by atoms with Crippen LogP contribution in [0.1, 0.15) is 20.7 Å². The van der Waals surface area contributed by atoms with Gasteiger partial charge in [0.2, 0.25) is 5.78 Å². The Morgan fingerprint density at radius 3 is 2.20 bits per heavy atom. The summed E-state index contributed by atoms with van der Waals surface area (Å²) in [5.74, 6) is -2.10. The zero-order valence-electron chi connectivity index (χ0n) is 13.2. The van der Waals surface area contributed by atoms with E-state index in [2.05, 4.69) is 0 Å². The van der Waals surface area contributed by atoms with Gasteiger partial charge in [-0.05, 0) is 12.1 Å². The monoisotopic (exact) mass is 385 g/mol. The summed E-state index contributed by atoms with van der Waals surface area (Å²) in [6.07, 6.45) is 0. The lowest BCUT2D eigenvalue weighted by Gasteiger charge is -2.11. The molecule has 2 aromatic rings. The molecule has 2 N–H and O–H groups in total. The molecule has 0 atom stereocenters. The summed E-state index contributed by atoms with van der Waals surface area (Å²) in [5.41, 5.74) is 3.57. The summed E-state index contributed by atoms with van der Waals surface area (Å²) in [6.45, 7) is -0.766. The number of aromatic nitrogens is 2. The molecule has 2 rings (SSSR count). The second-order valence-corrected chi connectivity index (χ2v) is 5.88. The molecule has 0 aliphatic heterocycles. The fraction of sp³-hybridized carbons (Fsp3) is 0.200. The van der Waals surface area contributed by atoms with Gasteiger partial charge in [-0.3, -0.25) is 18.7 Å². The lowest BCUT2D eigenvalue weighted by atomic mass is 10.2. The quantitative estimate of drug-likeness (QED) is 0.620. The highest BCUT2D eigenvalue weighted by Gasteiger charge is 2.23. The van der Waals surface area contributed by atoms with Gasteiger partial charge in [0.25, 0.3) is 5.56 Å². The van der Waals surface area contributed by atoms with Gasteiger partial charge in [-0.15, -0.1) is 0 Å². The van der Waals surface area contributed by atoms with Gasteiger partial charge in [0.15, 0.2) is 6.61 Å². The zero-order chi connectivity index (χ0) is 18.9. The van der Waals surface area contributed by atoms with Gasteiger partial charge < -0.3 is 10.5 Å². The molecular formula is C15H13Cl2N3O5. The van der Waals surface area contributed by atoms with E-state index in [1.807, 2.05) is 0 Å². The van der Waals surface area contributed by atoms with Crippen LogP contribution in [0.15, 0.2) is 27.8 Å². The van der Waals surface area contributed by atoms with E-state index in [1.54, 1.807) is 6.07 Å². The van der Waals surface area contributed by atoms with Gasteiger partial charge in [-0.25, -0.2) is 9.59 Å². The number of ether oxygens (including phenoxy) is 1. The highest BCUT2D eigenvalue weighted by Crippen LogP contribution is 2.25. The molecule has 0 aliphatic rings. The van der Waals surface area contributed by atoms with Gasteiger partial charge in [0, 0.05) is 14.1 Å². The number of halogens is 2. The smallest absolute Gasteiger partial charge is 0.341 e. The van der Waals surface area contributed by atoms with Crippen LogP contribution in [0.5, 0.6) is 0 Å². The summed E-state index contributed by atoms with van der Waals surface area (Å²) >= 11 is 11.8. The summed E-state index contributed by atoms with van der Waals surface area (Å²) in [5, 5.41) is 0.116. The number of nitrogen functional groups attached to an aromatic ring is 1. The molecule has 1 heterocycles. The largest absolute Gasteiger partial charge is 0.454 e. The second kappa shape index (κ2) is 7.12. The topological polar surface area (TPSA) is 113 Å². The van der Waals surface area contributed by atoms with Crippen LogP contribution in [0.4, 0.5) is 5.82 Å². The van der Waals surface area contributed by atoms with Crippen LogP contribution in [-0.4, -0.2) is 27.5 Å². The third kappa shape index (κ3) is 3.45. The van der Waals surface area contributed by atoms with E-state index >= 15 is 0 Å². The van der Waals surface area contributed by atoms with Crippen molar-refractivity contribution in [1.29, 1.82) is 0 Å². The van der Waals surface area contributed by atoms with Gasteiger partial charge in [0.1, 0.15) is 11.4 Å². The first-order valence-corrected chi connectivity index (χ1v) is 7.62. The number of anilines is 1. The first-order chi connectivity index (χ1) is 11.7. The predicted octanol–water partition coefficient (Wildman–Crippen LogP) is 1.01. The summed E-state index contributed by atoms with van der Waals surface area (Å²) in [6, 6.07) is 4.42. The van der Waals surface area contributed by atoms with Crippen molar-refractivity contribution in [2.24, 2.45) is 14.1 Å². The first kappa shape index (κ1) is 18.8. The fourth-order valence-corrected chi connectivity index (χ4v) is 2.64. The van der Waals surface area contributed by atoms with Crippen molar-refractivity contribution in [2.75, 3.05) is 12.3 Å². The molecular weight excluding hydrogens is 373 g/mol. The average Bonchev–Trinajstić information content (AvgIpc) is 2.56. The first-order valence-electron chi connectivity index (χ1n) is 6.86. The minimum atomic E-state index is -0.927. The number of carbonyl (C=O) groups excluding carboxylic acids is 2. The lowest BCUT2D eigenvalue weighted by molar-refractivity contribution is 0.0474. The van der Waals surface area contributed by atoms with Crippen molar-refractivity contribution in [3.63, 3.8) is 0 Å². The Kier molecular flexibility index (Phi) is 5.34. The second-order valence-electron chi connectivity index (χ2n) is 5.06. The van der Waals surface area contributed by atoms with E-state index in [0.29, 0.717) is 0 Å². The Morgan fingerprint density at radius 2 is 1.64 bits per heavy atom. The molecule has 0 amide bonds. The molecule has 0 saturated carbocycles. The number of nitrogens with two attached hydrogens (primary N) is 1. The fourth-order valence-electron chi connectivity index (χ4n) is 2.09. The molecule has 0 aliphatic carbocycles. The van der Waals surface area contributed by atoms with Gasteiger partial charge in [-0.2, -0.15) is 0 Å². The average molecular weight is 386 g/mol. The van der Waals surface area contributed by atoms with Crippen LogP contribution in [-0.2, 0) is 18.8 Å². The van der Waals surface area contributed by atoms with Gasteiger partial charge in [0.05, 0.1) is 15.6 Å². The maximum Gasteiger partial charge on any atom is 0.341 e. The van der Waals surface area contributed by atoms with Crippen LogP contribution in [0, 0.1) is 0 Å². The molecule has 1 aromatic heterocycles. The number of benzene rings is 1. The number of hydrogen-bond acceptors (Lipinski definition) is 6. The lowest BCUT2D eigenvalue weighted by Crippen LogP contribution is -2.42. The van der Waals surface area contributed by atoms with E-state index in [0.717, 1.165) is 9.13 Å². The van der Waals surface area contributed by atoms with E-state index in [9.17, 15) is 19.2 Å². The third-order valence-corrected chi connectivity index (χ3v) is 4.12. The molecule has 132 valence electrons. The number of esters is 1. The summed E-state index contributed by atoms with van der Waals surface area (Å²) < 4.78 is 6.56. The Bertz CT molecular complexity index is 974. The van der Waals surface area contributed by atoms with E-state index in [1.165, 1.54) is 26.2 Å². The molecule has 10 heteroatoms. The number of hydrogen-bond donors (Lipinski definition) is 1. The number of Topliss-reactive ketones (excluding diaryl/α,β-unsaturated/α-hetero) is 1. The molecule has 0 unspecified atom stereocenters. The predicted molar refractivity (Wildman–Crippen MR) is 92.4 cm³/mol. The Labute approximate surface area is 151 Å². The highest BCUT2D eigenvalue weighted by atomic mass is 35.5. The summed E-state index contributed by atoms with van der Waals surface area (Å²) in [4.78, 5) is 48.1. The van der Waals surface area contributed by atoms with E-state index in [4.69, 9.17) is 33.7 Å². The number of rotatable bonds is 4. The molecule has 0 saturated heterocycles. The maximum absolute atomic E-state index is 12.3. The minimum absolute atomic E-state index is 0.0579. The Morgan fingerprint density at radius 1 is 1.08 bits per heavy atom. The number of ketones is 1. The number of carbonyl (C=O) groups is 2.